The number of anilines is 1. The molecule has 18 heavy (non-hydrogen) atoms. The summed E-state index contributed by atoms with van der Waals surface area (Å²) < 4.78 is 0. The van der Waals surface area contributed by atoms with E-state index in [0.717, 1.165) is 42.5 Å². The smallest absolute Gasteiger partial charge is 0.187 e. The van der Waals surface area contributed by atoms with E-state index in [-0.39, 0.29) is 6.61 Å². The molecule has 1 aromatic heterocycles. The van der Waals surface area contributed by atoms with Crippen LogP contribution in [0.4, 0.5) is 5.13 Å². The van der Waals surface area contributed by atoms with Crippen LogP contribution in [0.25, 0.3) is 0 Å². The zero-order valence-corrected chi connectivity index (χ0v) is 12.5. The number of aliphatic hydroxyl groups excluding tert-OH is 1. The molecular formula is C12H20ClN3OS. The number of hydrogen-bond acceptors (Lipinski definition) is 5. The van der Waals surface area contributed by atoms with Crippen LogP contribution >= 0.6 is 22.9 Å². The van der Waals surface area contributed by atoms with Crippen LogP contribution in [0.1, 0.15) is 24.6 Å². The summed E-state index contributed by atoms with van der Waals surface area (Å²) in [6.45, 7) is 5.61. The third kappa shape index (κ3) is 2.96. The lowest BCUT2D eigenvalue weighted by atomic mass is 10.0. The molecule has 0 saturated carbocycles. The molecule has 0 unspecified atom stereocenters. The van der Waals surface area contributed by atoms with E-state index >= 15 is 0 Å². The lowest BCUT2D eigenvalue weighted by Gasteiger charge is -2.36. The van der Waals surface area contributed by atoms with Crippen molar-refractivity contribution in [3.8, 4) is 0 Å². The van der Waals surface area contributed by atoms with E-state index in [1.165, 1.54) is 11.3 Å². The monoisotopic (exact) mass is 289 g/mol. The number of aliphatic hydroxyl groups is 1. The normalized spacial score (nSPS) is 18.2. The molecule has 1 aromatic rings. The number of hydrogen-bond donors (Lipinski definition) is 1. The van der Waals surface area contributed by atoms with E-state index < -0.39 is 0 Å². The third-order valence-corrected chi connectivity index (χ3v) is 5.19. The molecule has 1 aliphatic rings. The summed E-state index contributed by atoms with van der Waals surface area (Å²) in [7, 11) is 2.07. The van der Waals surface area contributed by atoms with E-state index in [9.17, 15) is 0 Å². The Morgan fingerprint density at radius 3 is 2.67 bits per heavy atom. The highest BCUT2D eigenvalue weighted by molar-refractivity contribution is 7.16. The van der Waals surface area contributed by atoms with Gasteiger partial charge in [0.1, 0.15) is 5.15 Å². The fraction of sp³-hybridized carbons (Fsp3) is 0.750. The molecule has 4 nitrogen and oxygen atoms in total. The van der Waals surface area contributed by atoms with Crippen LogP contribution in [-0.2, 0) is 6.61 Å². The average Bonchev–Trinajstić information content (AvgIpc) is 2.79. The molecule has 0 bridgehead atoms. The van der Waals surface area contributed by atoms with Crippen LogP contribution in [0.3, 0.4) is 0 Å². The van der Waals surface area contributed by atoms with E-state index in [0.29, 0.717) is 11.2 Å². The van der Waals surface area contributed by atoms with Gasteiger partial charge >= 0.3 is 0 Å². The molecule has 1 fully saturated rings. The van der Waals surface area contributed by atoms with Crippen molar-refractivity contribution in [1.29, 1.82) is 0 Å². The first-order valence-electron chi connectivity index (χ1n) is 6.37. The van der Waals surface area contributed by atoms with Gasteiger partial charge in [-0.3, -0.25) is 0 Å². The quantitative estimate of drug-likeness (QED) is 0.922. The molecule has 1 N–H and O–H groups in total. The van der Waals surface area contributed by atoms with Crippen molar-refractivity contribution in [2.75, 3.05) is 31.6 Å². The summed E-state index contributed by atoms with van der Waals surface area (Å²) in [5.74, 6) is 0. The van der Waals surface area contributed by atoms with Crippen LogP contribution in [0, 0.1) is 0 Å². The number of halogens is 1. The summed E-state index contributed by atoms with van der Waals surface area (Å²) in [6, 6.07) is 0.529. The van der Waals surface area contributed by atoms with Gasteiger partial charge in [0, 0.05) is 26.2 Å². The second-order valence-electron chi connectivity index (χ2n) is 4.64. The number of likely N-dealkylation sites (tertiary alicyclic amines) is 1. The largest absolute Gasteiger partial charge is 0.391 e. The van der Waals surface area contributed by atoms with Crippen molar-refractivity contribution >= 4 is 28.1 Å². The molecular weight excluding hydrogens is 270 g/mol. The Bertz CT molecular complexity index is 391. The van der Waals surface area contributed by atoms with Gasteiger partial charge in [0.05, 0.1) is 11.5 Å². The molecule has 6 heteroatoms. The van der Waals surface area contributed by atoms with Crippen molar-refractivity contribution in [3.05, 3.63) is 10.0 Å². The van der Waals surface area contributed by atoms with Gasteiger partial charge in [0.2, 0.25) is 0 Å². The first-order valence-corrected chi connectivity index (χ1v) is 7.56. The van der Waals surface area contributed by atoms with Crippen LogP contribution in [0.15, 0.2) is 0 Å². The molecule has 1 aliphatic heterocycles. The molecule has 0 aromatic carbocycles. The Labute approximate surface area is 117 Å². The van der Waals surface area contributed by atoms with Crippen LogP contribution in [0.5, 0.6) is 0 Å². The highest BCUT2D eigenvalue weighted by Gasteiger charge is 2.24. The maximum absolute atomic E-state index is 9.15. The molecule has 0 radical (unpaired) electrons. The van der Waals surface area contributed by atoms with Gasteiger partial charge in [-0.05, 0) is 19.4 Å². The molecule has 0 amide bonds. The molecule has 2 heterocycles. The third-order valence-electron chi connectivity index (χ3n) is 3.64. The van der Waals surface area contributed by atoms with Gasteiger partial charge in [0.15, 0.2) is 5.13 Å². The van der Waals surface area contributed by atoms with E-state index in [4.69, 9.17) is 16.7 Å². The Kier molecular flexibility index (Phi) is 4.84. The number of aromatic nitrogens is 1. The van der Waals surface area contributed by atoms with E-state index in [2.05, 4.69) is 28.8 Å². The molecule has 0 spiro atoms. The van der Waals surface area contributed by atoms with Gasteiger partial charge in [-0.1, -0.05) is 29.9 Å². The first kappa shape index (κ1) is 14.1. The molecule has 0 atom stereocenters. The Morgan fingerprint density at radius 1 is 1.50 bits per heavy atom. The SMILES string of the molecule is CCN1CCC(N(C)c2nc(Cl)c(CO)s2)CC1. The molecule has 0 aliphatic carbocycles. The maximum Gasteiger partial charge on any atom is 0.187 e. The van der Waals surface area contributed by atoms with Crippen molar-refractivity contribution in [2.24, 2.45) is 0 Å². The minimum Gasteiger partial charge on any atom is -0.391 e. The number of piperidine rings is 1. The fourth-order valence-electron chi connectivity index (χ4n) is 2.35. The lowest BCUT2D eigenvalue weighted by Crippen LogP contribution is -2.43. The zero-order chi connectivity index (χ0) is 13.1. The van der Waals surface area contributed by atoms with Crippen molar-refractivity contribution in [2.45, 2.75) is 32.4 Å². The highest BCUT2D eigenvalue weighted by Crippen LogP contribution is 2.31. The highest BCUT2D eigenvalue weighted by atomic mass is 35.5. The lowest BCUT2D eigenvalue weighted by molar-refractivity contribution is 0.221. The van der Waals surface area contributed by atoms with Gasteiger partial charge in [-0.15, -0.1) is 0 Å². The van der Waals surface area contributed by atoms with Crippen LogP contribution < -0.4 is 4.90 Å². The predicted octanol–water partition coefficient (Wildman–Crippen LogP) is 2.21. The van der Waals surface area contributed by atoms with Crippen molar-refractivity contribution in [3.63, 3.8) is 0 Å². The number of rotatable bonds is 4. The Balaban J connectivity index is 2.00. The van der Waals surface area contributed by atoms with Crippen LogP contribution in [0.2, 0.25) is 5.15 Å². The average molecular weight is 290 g/mol. The fourth-order valence-corrected chi connectivity index (χ4v) is 3.50. The predicted molar refractivity (Wildman–Crippen MR) is 76.6 cm³/mol. The Hall–Kier alpha value is -0.360. The number of thiazole rings is 1. The minimum atomic E-state index is -0.0291. The van der Waals surface area contributed by atoms with Crippen molar-refractivity contribution in [1.82, 2.24) is 9.88 Å². The number of nitrogens with zero attached hydrogens (tertiary/aromatic N) is 3. The standard InChI is InChI=1S/C12H20ClN3OS/c1-3-16-6-4-9(5-7-16)15(2)12-14-11(13)10(8-17)18-12/h9,17H,3-8H2,1-2H3. The summed E-state index contributed by atoms with van der Waals surface area (Å²) in [5.41, 5.74) is 0. The van der Waals surface area contributed by atoms with Gasteiger partial charge < -0.3 is 14.9 Å². The van der Waals surface area contributed by atoms with Crippen LogP contribution in [-0.4, -0.2) is 47.7 Å². The summed E-state index contributed by atoms with van der Waals surface area (Å²) in [4.78, 5) is 9.77. The van der Waals surface area contributed by atoms with E-state index in [1.807, 2.05) is 0 Å². The Morgan fingerprint density at radius 2 is 2.17 bits per heavy atom. The second-order valence-corrected chi connectivity index (χ2v) is 6.06. The summed E-state index contributed by atoms with van der Waals surface area (Å²) in [5, 5.41) is 10.5. The molecule has 2 rings (SSSR count). The summed E-state index contributed by atoms with van der Waals surface area (Å²) >= 11 is 7.47. The first-order chi connectivity index (χ1) is 8.65. The topological polar surface area (TPSA) is 39.6 Å². The maximum atomic E-state index is 9.15. The van der Waals surface area contributed by atoms with E-state index in [1.54, 1.807) is 0 Å². The molecule has 102 valence electrons. The summed E-state index contributed by atoms with van der Waals surface area (Å²) in [6.07, 6.45) is 2.33. The van der Waals surface area contributed by atoms with Gasteiger partial charge in [-0.2, -0.15) is 0 Å². The zero-order valence-electron chi connectivity index (χ0n) is 10.9. The second kappa shape index (κ2) is 6.19. The minimum absolute atomic E-state index is 0.0291. The van der Waals surface area contributed by atoms with Gasteiger partial charge in [0.25, 0.3) is 0 Å². The molecule has 1 saturated heterocycles. The van der Waals surface area contributed by atoms with Crippen molar-refractivity contribution < 1.29 is 5.11 Å². The van der Waals surface area contributed by atoms with Gasteiger partial charge in [-0.25, -0.2) is 4.98 Å².